The Hall–Kier alpha value is -1.75. The van der Waals surface area contributed by atoms with Gasteiger partial charge in [0.2, 0.25) is 0 Å². The number of benzene rings is 2. The molecule has 2 aliphatic heterocycles. The minimum Gasteiger partial charge on any atom is -0.482 e. The van der Waals surface area contributed by atoms with Crippen LogP contribution in [0, 0.1) is 11.8 Å². The van der Waals surface area contributed by atoms with E-state index in [9.17, 15) is 4.79 Å². The minimum atomic E-state index is 0. The zero-order chi connectivity index (χ0) is 18.6. The maximum atomic E-state index is 12.6. The number of fused-ring (bicyclic) bond motifs is 1. The zero-order valence-electron chi connectivity index (χ0n) is 15.8. The van der Waals surface area contributed by atoms with Gasteiger partial charge in [0.25, 0.3) is 5.91 Å². The van der Waals surface area contributed by atoms with Gasteiger partial charge in [0.15, 0.2) is 6.61 Å². The lowest BCUT2D eigenvalue weighted by Gasteiger charge is -2.21. The van der Waals surface area contributed by atoms with Crippen LogP contribution in [0.15, 0.2) is 48.5 Å². The molecule has 0 unspecified atom stereocenters. The fraction of sp³-hybridized carbons (Fsp3) is 0.409. The van der Waals surface area contributed by atoms with E-state index in [-0.39, 0.29) is 24.9 Å². The summed E-state index contributed by atoms with van der Waals surface area (Å²) in [6.45, 7) is 3.87. The molecule has 0 aromatic heterocycles. The average Bonchev–Trinajstić information content (AvgIpc) is 3.05. The first-order chi connectivity index (χ1) is 13.2. The molecule has 150 valence electrons. The van der Waals surface area contributed by atoms with Crippen molar-refractivity contribution in [3.8, 4) is 16.9 Å². The Balaban J connectivity index is 0.00000225. The SMILES string of the molecule is Cl.O=C(COc1ccc(-c2ccccc2)cc1Cl)N1CC[C@@H]2CNC[C@@H]2CC1. The van der Waals surface area contributed by atoms with E-state index in [4.69, 9.17) is 16.3 Å². The first kappa shape index (κ1) is 21.0. The van der Waals surface area contributed by atoms with E-state index in [0.29, 0.717) is 22.6 Å². The number of nitrogens with one attached hydrogen (secondary N) is 1. The first-order valence-corrected chi connectivity index (χ1v) is 10.0. The van der Waals surface area contributed by atoms with Gasteiger partial charge in [-0.1, -0.05) is 48.0 Å². The minimum absolute atomic E-state index is 0. The number of halogens is 2. The molecule has 2 atom stereocenters. The van der Waals surface area contributed by atoms with Crippen molar-refractivity contribution < 1.29 is 9.53 Å². The molecule has 1 amide bonds. The maximum absolute atomic E-state index is 12.6. The van der Waals surface area contributed by atoms with Crippen LogP contribution < -0.4 is 10.1 Å². The van der Waals surface area contributed by atoms with Crippen molar-refractivity contribution in [1.29, 1.82) is 0 Å². The van der Waals surface area contributed by atoms with Crippen LogP contribution in [0.1, 0.15) is 12.8 Å². The average molecular weight is 421 g/mol. The molecule has 4 rings (SSSR count). The van der Waals surface area contributed by atoms with Crippen LogP contribution in [0.25, 0.3) is 11.1 Å². The van der Waals surface area contributed by atoms with Crippen molar-refractivity contribution in [2.24, 2.45) is 11.8 Å². The second kappa shape index (κ2) is 9.64. The lowest BCUT2D eigenvalue weighted by atomic mass is 9.92. The van der Waals surface area contributed by atoms with E-state index >= 15 is 0 Å². The molecule has 28 heavy (non-hydrogen) atoms. The number of nitrogens with zero attached hydrogens (tertiary/aromatic N) is 1. The molecular formula is C22H26Cl2N2O2. The van der Waals surface area contributed by atoms with Crippen LogP contribution >= 0.6 is 24.0 Å². The van der Waals surface area contributed by atoms with E-state index in [1.165, 1.54) is 0 Å². The third-order valence-corrected chi connectivity index (χ3v) is 6.06. The van der Waals surface area contributed by atoms with Gasteiger partial charge >= 0.3 is 0 Å². The summed E-state index contributed by atoms with van der Waals surface area (Å²) in [5.41, 5.74) is 2.14. The maximum Gasteiger partial charge on any atom is 0.260 e. The monoisotopic (exact) mass is 420 g/mol. The van der Waals surface area contributed by atoms with Crippen molar-refractivity contribution in [3.05, 3.63) is 53.6 Å². The zero-order valence-corrected chi connectivity index (χ0v) is 17.3. The summed E-state index contributed by atoms with van der Waals surface area (Å²) in [7, 11) is 0. The number of hydrogen-bond acceptors (Lipinski definition) is 3. The molecule has 2 aromatic rings. The molecule has 2 heterocycles. The van der Waals surface area contributed by atoms with E-state index in [2.05, 4.69) is 5.32 Å². The molecule has 0 spiro atoms. The second-order valence-corrected chi connectivity index (χ2v) is 7.84. The van der Waals surface area contributed by atoms with Crippen molar-refractivity contribution >= 4 is 29.9 Å². The fourth-order valence-corrected chi connectivity index (χ4v) is 4.36. The number of hydrogen-bond donors (Lipinski definition) is 1. The molecular weight excluding hydrogens is 395 g/mol. The lowest BCUT2D eigenvalue weighted by Crippen LogP contribution is -2.36. The van der Waals surface area contributed by atoms with Crippen LogP contribution in [-0.2, 0) is 4.79 Å². The Morgan fingerprint density at radius 3 is 2.36 bits per heavy atom. The van der Waals surface area contributed by atoms with Gasteiger partial charge in [-0.15, -0.1) is 12.4 Å². The molecule has 4 nitrogen and oxygen atoms in total. The highest BCUT2D eigenvalue weighted by molar-refractivity contribution is 6.32. The number of likely N-dealkylation sites (tertiary alicyclic amines) is 1. The summed E-state index contributed by atoms with van der Waals surface area (Å²) in [6, 6.07) is 15.8. The third kappa shape index (κ3) is 4.80. The summed E-state index contributed by atoms with van der Waals surface area (Å²) in [6.07, 6.45) is 2.16. The van der Waals surface area contributed by atoms with Crippen molar-refractivity contribution in [2.75, 3.05) is 32.8 Å². The molecule has 1 N–H and O–H groups in total. The molecule has 0 bridgehead atoms. The Morgan fingerprint density at radius 1 is 1.04 bits per heavy atom. The quantitative estimate of drug-likeness (QED) is 0.802. The number of carbonyl (C=O) groups is 1. The molecule has 6 heteroatoms. The highest BCUT2D eigenvalue weighted by Gasteiger charge is 2.31. The first-order valence-electron chi connectivity index (χ1n) is 9.67. The number of rotatable bonds is 4. The second-order valence-electron chi connectivity index (χ2n) is 7.44. The van der Waals surface area contributed by atoms with Gasteiger partial charge in [-0.05, 0) is 61.0 Å². The van der Waals surface area contributed by atoms with Gasteiger partial charge < -0.3 is 15.0 Å². The van der Waals surface area contributed by atoms with Gasteiger partial charge in [-0.3, -0.25) is 4.79 Å². The number of ether oxygens (including phenoxy) is 1. The topological polar surface area (TPSA) is 41.6 Å². The van der Waals surface area contributed by atoms with Crippen LogP contribution in [-0.4, -0.2) is 43.6 Å². The summed E-state index contributed by atoms with van der Waals surface area (Å²) in [5, 5.41) is 3.99. The van der Waals surface area contributed by atoms with Gasteiger partial charge in [0.1, 0.15) is 5.75 Å². The molecule has 2 aromatic carbocycles. The highest BCUT2D eigenvalue weighted by atomic mass is 35.5. The van der Waals surface area contributed by atoms with Crippen LogP contribution in [0.4, 0.5) is 0 Å². The van der Waals surface area contributed by atoms with Gasteiger partial charge in [0.05, 0.1) is 5.02 Å². The van der Waals surface area contributed by atoms with Crippen molar-refractivity contribution in [2.45, 2.75) is 12.8 Å². The smallest absolute Gasteiger partial charge is 0.260 e. The van der Waals surface area contributed by atoms with Crippen molar-refractivity contribution in [1.82, 2.24) is 10.2 Å². The Bertz CT molecular complexity index is 786. The highest BCUT2D eigenvalue weighted by Crippen LogP contribution is 2.31. The van der Waals surface area contributed by atoms with Crippen molar-refractivity contribution in [3.63, 3.8) is 0 Å². The van der Waals surface area contributed by atoms with E-state index in [1.807, 2.05) is 53.4 Å². The largest absolute Gasteiger partial charge is 0.482 e. The fourth-order valence-electron chi connectivity index (χ4n) is 4.13. The van der Waals surface area contributed by atoms with Gasteiger partial charge in [-0.2, -0.15) is 0 Å². The van der Waals surface area contributed by atoms with Crippen LogP contribution in [0.2, 0.25) is 5.02 Å². The summed E-state index contributed by atoms with van der Waals surface area (Å²) in [5.74, 6) is 2.03. The predicted octanol–water partition coefficient (Wildman–Crippen LogP) is 4.27. The summed E-state index contributed by atoms with van der Waals surface area (Å²) >= 11 is 6.38. The third-order valence-electron chi connectivity index (χ3n) is 5.76. The molecule has 2 fully saturated rings. The number of amides is 1. The number of carbonyl (C=O) groups excluding carboxylic acids is 1. The molecule has 0 saturated carbocycles. The van der Waals surface area contributed by atoms with Gasteiger partial charge in [-0.25, -0.2) is 0 Å². The van der Waals surface area contributed by atoms with Crippen LogP contribution in [0.5, 0.6) is 5.75 Å². The Labute approximate surface area is 177 Å². The van der Waals surface area contributed by atoms with E-state index < -0.39 is 0 Å². The van der Waals surface area contributed by atoms with E-state index in [0.717, 1.165) is 50.1 Å². The molecule has 2 aliphatic rings. The van der Waals surface area contributed by atoms with E-state index in [1.54, 1.807) is 0 Å². The molecule has 2 saturated heterocycles. The Morgan fingerprint density at radius 2 is 1.71 bits per heavy atom. The summed E-state index contributed by atoms with van der Waals surface area (Å²) < 4.78 is 5.74. The van der Waals surface area contributed by atoms with Crippen LogP contribution in [0.3, 0.4) is 0 Å². The summed E-state index contributed by atoms with van der Waals surface area (Å²) in [4.78, 5) is 14.5. The predicted molar refractivity (Wildman–Crippen MR) is 115 cm³/mol. The molecule has 0 aliphatic carbocycles. The lowest BCUT2D eigenvalue weighted by molar-refractivity contribution is -0.133. The molecule has 0 radical (unpaired) electrons. The standard InChI is InChI=1S/C22H25ClN2O2.ClH/c23-20-12-17(16-4-2-1-3-5-16)6-7-21(20)27-15-22(26)25-10-8-18-13-24-14-19(18)9-11-25;/h1-7,12,18-19,24H,8-11,13-15H2;1H/t18-,19+;. The normalized spacial score (nSPS) is 21.4. The Kier molecular flexibility index (Phi) is 7.22. The van der Waals surface area contributed by atoms with Gasteiger partial charge in [0, 0.05) is 13.1 Å².